The number of benzene rings is 1. The van der Waals surface area contributed by atoms with E-state index in [2.05, 4.69) is 33.5 Å². The summed E-state index contributed by atoms with van der Waals surface area (Å²) >= 11 is 3.42. The fraction of sp³-hybridized carbons (Fsp3) is 0.533. The Morgan fingerprint density at radius 3 is 2.95 bits per heavy atom. The zero-order valence-electron chi connectivity index (χ0n) is 12.1. The van der Waals surface area contributed by atoms with Gasteiger partial charge in [-0.2, -0.15) is 0 Å². The van der Waals surface area contributed by atoms with Gasteiger partial charge in [0.05, 0.1) is 17.5 Å². The number of para-hydroxylation sites is 1. The molecule has 0 bridgehead atoms. The second kappa shape index (κ2) is 9.28. The van der Waals surface area contributed by atoms with Crippen LogP contribution in [0.25, 0.3) is 0 Å². The minimum absolute atomic E-state index is 0. The maximum atomic E-state index is 11.9. The molecule has 2 N–H and O–H groups in total. The Kier molecular flexibility index (Phi) is 8.07. The van der Waals surface area contributed by atoms with Gasteiger partial charge in [0.1, 0.15) is 5.75 Å². The molecule has 1 fully saturated rings. The van der Waals surface area contributed by atoms with Crippen molar-refractivity contribution in [2.75, 3.05) is 19.7 Å². The van der Waals surface area contributed by atoms with Crippen LogP contribution < -0.4 is 15.4 Å². The SMILES string of the molecule is CC1CNCCC1NC(=O)CCOc1ccccc1Br.Cl. The van der Waals surface area contributed by atoms with E-state index in [9.17, 15) is 4.79 Å². The Hall–Kier alpha value is -0.780. The summed E-state index contributed by atoms with van der Waals surface area (Å²) in [5, 5.41) is 6.43. The van der Waals surface area contributed by atoms with Gasteiger partial charge in [0, 0.05) is 6.04 Å². The lowest BCUT2D eigenvalue weighted by molar-refractivity contribution is -0.122. The first kappa shape index (κ1) is 18.3. The van der Waals surface area contributed by atoms with E-state index in [0.717, 1.165) is 29.7 Å². The summed E-state index contributed by atoms with van der Waals surface area (Å²) < 4.78 is 6.51. The molecule has 1 aliphatic rings. The average molecular weight is 378 g/mol. The molecule has 2 atom stereocenters. The largest absolute Gasteiger partial charge is 0.492 e. The summed E-state index contributed by atoms with van der Waals surface area (Å²) in [7, 11) is 0. The van der Waals surface area contributed by atoms with E-state index in [4.69, 9.17) is 4.74 Å². The molecule has 1 heterocycles. The van der Waals surface area contributed by atoms with Crippen LogP contribution in [0.5, 0.6) is 5.75 Å². The van der Waals surface area contributed by atoms with Crippen LogP contribution in [-0.2, 0) is 4.79 Å². The van der Waals surface area contributed by atoms with Gasteiger partial charge in [-0.1, -0.05) is 19.1 Å². The number of carbonyl (C=O) groups excluding carboxylic acids is 1. The second-order valence-corrected chi connectivity index (χ2v) is 6.03. The predicted octanol–water partition coefficient (Wildman–Crippen LogP) is 2.75. The minimum atomic E-state index is 0. The van der Waals surface area contributed by atoms with E-state index >= 15 is 0 Å². The molecular formula is C15H22BrClN2O2. The van der Waals surface area contributed by atoms with Crippen molar-refractivity contribution < 1.29 is 9.53 Å². The summed E-state index contributed by atoms with van der Waals surface area (Å²) in [6, 6.07) is 7.94. The molecule has 4 nitrogen and oxygen atoms in total. The molecule has 0 spiro atoms. The highest BCUT2D eigenvalue weighted by Crippen LogP contribution is 2.23. The second-order valence-electron chi connectivity index (χ2n) is 5.17. The standard InChI is InChI=1S/C15H21BrN2O2.ClH/c1-11-10-17-8-6-13(11)18-15(19)7-9-20-14-5-3-2-4-12(14)16;/h2-5,11,13,17H,6-10H2,1H3,(H,18,19);1H. The van der Waals surface area contributed by atoms with Gasteiger partial charge in [-0.25, -0.2) is 0 Å². The number of hydrogen-bond donors (Lipinski definition) is 2. The van der Waals surface area contributed by atoms with Crippen LogP contribution in [-0.4, -0.2) is 31.6 Å². The number of nitrogens with one attached hydrogen (secondary N) is 2. The Bertz CT molecular complexity index is 459. The van der Waals surface area contributed by atoms with Crippen LogP contribution >= 0.6 is 28.3 Å². The minimum Gasteiger partial charge on any atom is -0.492 e. The first-order valence-corrected chi connectivity index (χ1v) is 7.83. The lowest BCUT2D eigenvalue weighted by atomic mass is 9.95. The van der Waals surface area contributed by atoms with Crippen LogP contribution in [0.15, 0.2) is 28.7 Å². The molecule has 1 amide bonds. The normalized spacial score (nSPS) is 21.2. The van der Waals surface area contributed by atoms with Crippen LogP contribution in [0.4, 0.5) is 0 Å². The highest BCUT2D eigenvalue weighted by molar-refractivity contribution is 9.10. The van der Waals surface area contributed by atoms with E-state index < -0.39 is 0 Å². The molecule has 0 saturated carbocycles. The molecule has 1 aromatic rings. The zero-order valence-corrected chi connectivity index (χ0v) is 14.5. The zero-order chi connectivity index (χ0) is 14.4. The molecule has 0 aromatic heterocycles. The van der Waals surface area contributed by atoms with Crippen molar-refractivity contribution in [1.29, 1.82) is 0 Å². The Morgan fingerprint density at radius 2 is 2.24 bits per heavy atom. The third-order valence-electron chi connectivity index (χ3n) is 3.56. The summed E-state index contributed by atoms with van der Waals surface area (Å²) in [4.78, 5) is 11.9. The van der Waals surface area contributed by atoms with E-state index in [1.54, 1.807) is 0 Å². The fourth-order valence-corrected chi connectivity index (χ4v) is 2.72. The molecule has 2 unspecified atom stereocenters. The van der Waals surface area contributed by atoms with Crippen molar-refractivity contribution in [3.05, 3.63) is 28.7 Å². The number of halogens is 2. The Balaban J connectivity index is 0.00000220. The van der Waals surface area contributed by atoms with E-state index in [1.165, 1.54) is 0 Å². The smallest absolute Gasteiger partial charge is 0.223 e. The molecule has 21 heavy (non-hydrogen) atoms. The van der Waals surface area contributed by atoms with E-state index in [-0.39, 0.29) is 24.4 Å². The summed E-state index contributed by atoms with van der Waals surface area (Å²) in [6.07, 6.45) is 1.38. The van der Waals surface area contributed by atoms with Crippen LogP contribution in [0.2, 0.25) is 0 Å². The first-order chi connectivity index (χ1) is 9.66. The van der Waals surface area contributed by atoms with Crippen LogP contribution in [0, 0.1) is 5.92 Å². The molecule has 6 heteroatoms. The summed E-state index contributed by atoms with van der Waals surface area (Å²) in [5.41, 5.74) is 0. The molecular weight excluding hydrogens is 356 g/mol. The van der Waals surface area contributed by atoms with Gasteiger partial charge in [0.25, 0.3) is 0 Å². The first-order valence-electron chi connectivity index (χ1n) is 7.04. The Labute approximate surface area is 140 Å². The van der Waals surface area contributed by atoms with Crippen molar-refractivity contribution in [3.63, 3.8) is 0 Å². The monoisotopic (exact) mass is 376 g/mol. The molecule has 0 aliphatic carbocycles. The predicted molar refractivity (Wildman–Crippen MR) is 90.1 cm³/mol. The van der Waals surface area contributed by atoms with Gasteiger partial charge in [-0.3, -0.25) is 4.79 Å². The van der Waals surface area contributed by atoms with Crippen molar-refractivity contribution in [3.8, 4) is 5.75 Å². The van der Waals surface area contributed by atoms with Gasteiger partial charge >= 0.3 is 0 Å². The third-order valence-corrected chi connectivity index (χ3v) is 4.21. The van der Waals surface area contributed by atoms with Crippen LogP contribution in [0.1, 0.15) is 19.8 Å². The van der Waals surface area contributed by atoms with Gasteiger partial charge < -0.3 is 15.4 Å². The quantitative estimate of drug-likeness (QED) is 0.829. The maximum Gasteiger partial charge on any atom is 0.223 e. The van der Waals surface area contributed by atoms with E-state index in [0.29, 0.717) is 18.9 Å². The van der Waals surface area contributed by atoms with Gasteiger partial charge in [0.15, 0.2) is 0 Å². The number of hydrogen-bond acceptors (Lipinski definition) is 3. The Morgan fingerprint density at radius 1 is 1.48 bits per heavy atom. The van der Waals surface area contributed by atoms with Crippen LogP contribution in [0.3, 0.4) is 0 Å². The number of carbonyl (C=O) groups is 1. The van der Waals surface area contributed by atoms with Gasteiger partial charge in [-0.05, 0) is 53.5 Å². The van der Waals surface area contributed by atoms with Crippen molar-refractivity contribution in [2.45, 2.75) is 25.8 Å². The highest BCUT2D eigenvalue weighted by atomic mass is 79.9. The summed E-state index contributed by atoms with van der Waals surface area (Å²) in [6.45, 7) is 4.50. The molecule has 1 aliphatic heterocycles. The number of rotatable bonds is 5. The third kappa shape index (κ3) is 5.85. The maximum absolute atomic E-state index is 11.9. The molecule has 118 valence electrons. The van der Waals surface area contributed by atoms with Gasteiger partial charge in [0.2, 0.25) is 5.91 Å². The van der Waals surface area contributed by atoms with Crippen molar-refractivity contribution >= 4 is 34.2 Å². The lowest BCUT2D eigenvalue weighted by Crippen LogP contribution is -2.48. The fourth-order valence-electron chi connectivity index (χ4n) is 2.32. The molecule has 0 radical (unpaired) electrons. The topological polar surface area (TPSA) is 50.4 Å². The van der Waals surface area contributed by atoms with Crippen molar-refractivity contribution in [1.82, 2.24) is 10.6 Å². The number of ether oxygens (including phenoxy) is 1. The lowest BCUT2D eigenvalue weighted by Gasteiger charge is -2.30. The molecule has 2 rings (SSSR count). The van der Waals surface area contributed by atoms with E-state index in [1.807, 2.05) is 24.3 Å². The number of amides is 1. The molecule has 1 aromatic carbocycles. The highest BCUT2D eigenvalue weighted by Gasteiger charge is 2.22. The molecule has 1 saturated heterocycles. The van der Waals surface area contributed by atoms with Gasteiger partial charge in [-0.15, -0.1) is 12.4 Å². The number of piperidine rings is 1. The summed E-state index contributed by atoms with van der Waals surface area (Å²) in [5.74, 6) is 1.32. The van der Waals surface area contributed by atoms with Crippen molar-refractivity contribution in [2.24, 2.45) is 5.92 Å². The average Bonchev–Trinajstić information content (AvgIpc) is 2.43.